The molecule has 5 rings (SSSR count). The van der Waals surface area contributed by atoms with Gasteiger partial charge in [0.25, 0.3) is 5.91 Å². The summed E-state index contributed by atoms with van der Waals surface area (Å²) in [6, 6.07) is 7.52. The fraction of sp³-hybridized carbons (Fsp3) is 0.636. The molecule has 0 radical (unpaired) electrons. The van der Waals surface area contributed by atoms with Gasteiger partial charge >= 0.3 is 6.09 Å². The number of nitrogens with one attached hydrogen (secondary N) is 3. The normalized spacial score (nSPS) is 20.8. The van der Waals surface area contributed by atoms with Gasteiger partial charge in [-0.05, 0) is 36.7 Å². The van der Waals surface area contributed by atoms with Gasteiger partial charge in [0.1, 0.15) is 12.1 Å². The Hall–Kier alpha value is -3.48. The zero-order valence-electron chi connectivity index (χ0n) is 25.8. The standard InChI is InChI=1S/C33H47N5O7/c39-29(24-11-12-24)30(40)26(17-22-7-3-1-4-8-22)36-31(41)27(19-25-20-34-21-35-25)37-32(42)28(18-23-9-5-2-6-10-23)45-33(43)38-13-15-44-16-14-38/h2,5-6,9-10,20-22,24,26-30,39-40H,1,3-4,7-8,11-19H2,(H,34,35)(H,36,41)(H,37,42)/t26-,27-,28-,29-,30+/m0/s1. The highest BCUT2D eigenvalue weighted by Gasteiger charge is 2.40. The highest BCUT2D eigenvalue weighted by Crippen LogP contribution is 2.36. The minimum absolute atomic E-state index is 0.0335. The van der Waals surface area contributed by atoms with E-state index >= 15 is 0 Å². The molecule has 246 valence electrons. The molecule has 5 N–H and O–H groups in total. The van der Waals surface area contributed by atoms with Gasteiger partial charge in [0, 0.05) is 37.8 Å². The number of benzene rings is 1. The lowest BCUT2D eigenvalue weighted by Gasteiger charge is -2.33. The number of H-pyrrole nitrogens is 1. The summed E-state index contributed by atoms with van der Waals surface area (Å²) >= 11 is 0. The number of amides is 3. The summed E-state index contributed by atoms with van der Waals surface area (Å²) in [5, 5.41) is 27.9. The summed E-state index contributed by atoms with van der Waals surface area (Å²) < 4.78 is 11.1. The fourth-order valence-corrected chi connectivity index (χ4v) is 6.35. The summed E-state index contributed by atoms with van der Waals surface area (Å²) in [7, 11) is 0. The molecule has 1 aliphatic heterocycles. The van der Waals surface area contributed by atoms with Gasteiger partial charge in [-0.3, -0.25) is 9.59 Å². The van der Waals surface area contributed by atoms with E-state index < -0.39 is 48.3 Å². The van der Waals surface area contributed by atoms with Crippen molar-refractivity contribution < 1.29 is 34.1 Å². The number of hydrogen-bond donors (Lipinski definition) is 5. The Bertz CT molecular complexity index is 1210. The molecule has 12 heteroatoms. The van der Waals surface area contributed by atoms with Crippen LogP contribution in [0.2, 0.25) is 0 Å². The zero-order valence-corrected chi connectivity index (χ0v) is 25.8. The first-order chi connectivity index (χ1) is 21.9. The van der Waals surface area contributed by atoms with Crippen molar-refractivity contribution in [3.05, 3.63) is 54.1 Å². The number of rotatable bonds is 14. The van der Waals surface area contributed by atoms with E-state index in [1.807, 2.05) is 30.3 Å². The van der Waals surface area contributed by atoms with Gasteiger partial charge < -0.3 is 40.2 Å². The molecule has 0 unspecified atom stereocenters. The molecular weight excluding hydrogens is 578 g/mol. The molecule has 3 amide bonds. The highest BCUT2D eigenvalue weighted by molar-refractivity contribution is 5.90. The number of carbonyl (C=O) groups excluding carboxylic acids is 3. The second-order valence-electron chi connectivity index (χ2n) is 12.7. The van der Waals surface area contributed by atoms with E-state index in [0.29, 0.717) is 44.3 Å². The molecule has 12 nitrogen and oxygen atoms in total. The van der Waals surface area contributed by atoms with Crippen molar-refractivity contribution in [2.45, 2.75) is 94.6 Å². The molecule has 2 aromatic rings. The molecule has 1 saturated heterocycles. The van der Waals surface area contributed by atoms with Crippen LogP contribution in [-0.2, 0) is 31.9 Å². The molecular formula is C33H47N5O7. The van der Waals surface area contributed by atoms with Gasteiger partial charge in [-0.25, -0.2) is 9.78 Å². The van der Waals surface area contributed by atoms with Crippen molar-refractivity contribution >= 4 is 17.9 Å². The van der Waals surface area contributed by atoms with Crippen molar-refractivity contribution in [3.63, 3.8) is 0 Å². The Morgan fingerprint density at radius 2 is 1.71 bits per heavy atom. The van der Waals surface area contributed by atoms with Crippen LogP contribution in [0.4, 0.5) is 4.79 Å². The maximum absolute atomic E-state index is 13.9. The van der Waals surface area contributed by atoms with Crippen molar-refractivity contribution in [1.82, 2.24) is 25.5 Å². The number of hydrogen-bond acceptors (Lipinski definition) is 8. The summed E-state index contributed by atoms with van der Waals surface area (Å²) in [5.74, 6) is -0.729. The molecule has 2 saturated carbocycles. The molecule has 2 aliphatic carbocycles. The third kappa shape index (κ3) is 9.75. The smallest absolute Gasteiger partial charge is 0.410 e. The second-order valence-corrected chi connectivity index (χ2v) is 12.7. The third-order valence-corrected chi connectivity index (χ3v) is 9.19. The number of ether oxygens (including phenoxy) is 2. The molecule has 3 fully saturated rings. The van der Waals surface area contributed by atoms with Gasteiger partial charge in [-0.2, -0.15) is 0 Å². The van der Waals surface area contributed by atoms with Crippen LogP contribution in [0.3, 0.4) is 0 Å². The SMILES string of the molecule is O=C(N[C@@H](CC1CCCCC1)[C@@H](O)[C@@H](O)C1CC1)[C@H](Cc1cnc[nH]1)NC(=O)[C@H](Cc1ccccc1)OC(=O)N1CCOCC1. The number of nitrogens with zero attached hydrogens (tertiary/aromatic N) is 2. The number of imidazole rings is 1. The van der Waals surface area contributed by atoms with Crippen molar-refractivity contribution in [1.29, 1.82) is 0 Å². The van der Waals surface area contributed by atoms with E-state index in [9.17, 15) is 24.6 Å². The largest absolute Gasteiger partial charge is 0.436 e. The Balaban J connectivity index is 1.32. The van der Waals surface area contributed by atoms with Gasteiger partial charge in [-0.1, -0.05) is 62.4 Å². The van der Waals surface area contributed by atoms with Crippen molar-refractivity contribution in [2.75, 3.05) is 26.3 Å². The van der Waals surface area contributed by atoms with Crippen LogP contribution in [0.25, 0.3) is 0 Å². The first kappa shape index (κ1) is 32.9. The highest BCUT2D eigenvalue weighted by atomic mass is 16.6. The molecule has 45 heavy (non-hydrogen) atoms. The van der Waals surface area contributed by atoms with E-state index in [-0.39, 0.29) is 18.8 Å². The van der Waals surface area contributed by atoms with Crippen LogP contribution < -0.4 is 10.6 Å². The lowest BCUT2D eigenvalue weighted by Crippen LogP contribution is -2.57. The van der Waals surface area contributed by atoms with E-state index in [1.54, 1.807) is 6.20 Å². The van der Waals surface area contributed by atoms with E-state index in [0.717, 1.165) is 44.1 Å². The first-order valence-corrected chi connectivity index (χ1v) is 16.4. The summed E-state index contributed by atoms with van der Waals surface area (Å²) in [6.45, 7) is 1.50. The Kier molecular flexibility index (Phi) is 11.8. The van der Waals surface area contributed by atoms with E-state index in [2.05, 4.69) is 20.6 Å². The minimum atomic E-state index is -1.19. The predicted octanol–water partition coefficient (Wildman–Crippen LogP) is 2.10. The lowest BCUT2D eigenvalue weighted by atomic mass is 9.82. The quantitative estimate of drug-likeness (QED) is 0.213. The van der Waals surface area contributed by atoms with Crippen molar-refractivity contribution in [3.8, 4) is 0 Å². The predicted molar refractivity (Wildman–Crippen MR) is 165 cm³/mol. The maximum Gasteiger partial charge on any atom is 0.410 e. The van der Waals surface area contributed by atoms with Crippen LogP contribution in [-0.4, -0.2) is 99.7 Å². The number of carbonyl (C=O) groups is 3. The number of aliphatic hydroxyl groups is 2. The van der Waals surface area contributed by atoms with Crippen molar-refractivity contribution in [2.24, 2.45) is 11.8 Å². The lowest BCUT2D eigenvalue weighted by molar-refractivity contribution is -0.135. The average molecular weight is 626 g/mol. The monoisotopic (exact) mass is 625 g/mol. The topological polar surface area (TPSA) is 166 Å². The summed E-state index contributed by atoms with van der Waals surface area (Å²) in [6.07, 6.45) is 7.14. The Morgan fingerprint density at radius 3 is 2.38 bits per heavy atom. The van der Waals surface area contributed by atoms with Gasteiger partial charge in [0.05, 0.1) is 31.7 Å². The summed E-state index contributed by atoms with van der Waals surface area (Å²) in [5.41, 5.74) is 1.43. The molecule has 3 aliphatic rings. The number of aromatic amines is 1. The molecule has 2 heterocycles. The van der Waals surface area contributed by atoms with Gasteiger partial charge in [0.15, 0.2) is 6.10 Å². The van der Waals surface area contributed by atoms with Crippen LogP contribution in [0.1, 0.15) is 62.6 Å². The maximum atomic E-state index is 13.9. The number of aliphatic hydroxyl groups excluding tert-OH is 2. The van der Waals surface area contributed by atoms with Crippen LogP contribution in [0.5, 0.6) is 0 Å². The molecule has 1 aromatic carbocycles. The van der Waals surface area contributed by atoms with Gasteiger partial charge in [0.2, 0.25) is 5.91 Å². The Labute approximate surface area is 264 Å². The minimum Gasteiger partial charge on any atom is -0.436 e. The zero-order chi connectivity index (χ0) is 31.6. The average Bonchev–Trinajstić information content (AvgIpc) is 3.79. The van der Waals surface area contributed by atoms with Crippen LogP contribution in [0.15, 0.2) is 42.9 Å². The molecule has 5 atom stereocenters. The van der Waals surface area contributed by atoms with E-state index in [1.165, 1.54) is 17.6 Å². The first-order valence-electron chi connectivity index (χ1n) is 16.4. The van der Waals surface area contributed by atoms with E-state index in [4.69, 9.17) is 9.47 Å². The molecule has 0 bridgehead atoms. The number of morpholine rings is 1. The molecule has 0 spiro atoms. The molecule has 1 aromatic heterocycles. The fourth-order valence-electron chi connectivity index (χ4n) is 6.35. The van der Waals surface area contributed by atoms with Crippen LogP contribution in [0, 0.1) is 11.8 Å². The summed E-state index contributed by atoms with van der Waals surface area (Å²) in [4.78, 5) is 49.3. The third-order valence-electron chi connectivity index (χ3n) is 9.19. The second kappa shape index (κ2) is 16.2. The van der Waals surface area contributed by atoms with Gasteiger partial charge in [-0.15, -0.1) is 0 Å². The van der Waals surface area contributed by atoms with Crippen LogP contribution >= 0.6 is 0 Å². The number of aromatic nitrogens is 2. The Morgan fingerprint density at radius 1 is 0.978 bits per heavy atom.